The zero-order valence-corrected chi connectivity index (χ0v) is 11.2. The Kier molecular flexibility index (Phi) is 6.18. The number of nitrogens with two attached hydrogens (primary N) is 1. The van der Waals surface area contributed by atoms with Gasteiger partial charge in [-0.15, -0.1) is 0 Å². The van der Waals surface area contributed by atoms with Crippen LogP contribution in [0.25, 0.3) is 0 Å². The molecule has 0 fully saturated rings. The highest BCUT2D eigenvalue weighted by Crippen LogP contribution is 2.03. The number of amides is 3. The van der Waals surface area contributed by atoms with Crippen LogP contribution in [0.15, 0.2) is 30.3 Å². The van der Waals surface area contributed by atoms with Crippen molar-refractivity contribution in [3.63, 3.8) is 0 Å². The Bertz CT molecular complexity index is 476. The summed E-state index contributed by atoms with van der Waals surface area (Å²) in [6, 6.07) is 8.40. The van der Waals surface area contributed by atoms with E-state index < -0.39 is 23.8 Å². The van der Waals surface area contributed by atoms with Gasteiger partial charge in [-0.2, -0.15) is 0 Å². The first kappa shape index (κ1) is 15.6. The molecule has 1 aromatic carbocycles. The van der Waals surface area contributed by atoms with Crippen LogP contribution in [0, 0.1) is 0 Å². The van der Waals surface area contributed by atoms with Gasteiger partial charge in [-0.25, -0.2) is 0 Å². The molecule has 1 rings (SSSR count). The Morgan fingerprint density at radius 2 is 1.80 bits per heavy atom. The van der Waals surface area contributed by atoms with Gasteiger partial charge in [0.15, 0.2) is 0 Å². The number of hydrogen-bond acceptors (Lipinski definition) is 4. The molecular formula is C13H18N4O3. The molecule has 0 aliphatic carbocycles. The lowest BCUT2D eigenvalue weighted by molar-refractivity contribution is -0.131. The van der Waals surface area contributed by atoms with Gasteiger partial charge in [0.1, 0.15) is 6.04 Å². The van der Waals surface area contributed by atoms with Crippen molar-refractivity contribution in [3.8, 4) is 0 Å². The van der Waals surface area contributed by atoms with E-state index in [4.69, 9.17) is 5.73 Å². The van der Waals surface area contributed by atoms with E-state index in [1.807, 2.05) is 30.3 Å². The van der Waals surface area contributed by atoms with Crippen LogP contribution in [-0.4, -0.2) is 30.3 Å². The monoisotopic (exact) mass is 278 g/mol. The van der Waals surface area contributed by atoms with Crippen LogP contribution in [0.5, 0.6) is 0 Å². The van der Waals surface area contributed by atoms with Crippen molar-refractivity contribution in [2.75, 3.05) is 6.54 Å². The number of nitrogens with one attached hydrogen (secondary N) is 3. The SMILES string of the molecule is CC(=O)NNC(=O)[C@H](Cc1ccccc1)NC(=O)CN. The molecule has 0 unspecified atom stereocenters. The summed E-state index contributed by atoms with van der Waals surface area (Å²) in [7, 11) is 0. The highest BCUT2D eigenvalue weighted by Gasteiger charge is 2.20. The molecular weight excluding hydrogens is 260 g/mol. The van der Waals surface area contributed by atoms with Gasteiger partial charge in [0.2, 0.25) is 11.8 Å². The first-order valence-electron chi connectivity index (χ1n) is 6.12. The lowest BCUT2D eigenvalue weighted by atomic mass is 10.1. The minimum absolute atomic E-state index is 0.210. The lowest BCUT2D eigenvalue weighted by Gasteiger charge is -2.18. The second-order valence-electron chi connectivity index (χ2n) is 4.18. The van der Waals surface area contributed by atoms with Gasteiger partial charge in [0, 0.05) is 13.3 Å². The number of hydrogen-bond donors (Lipinski definition) is 4. The van der Waals surface area contributed by atoms with Crippen LogP contribution in [0.2, 0.25) is 0 Å². The van der Waals surface area contributed by atoms with Crippen molar-refractivity contribution in [1.29, 1.82) is 0 Å². The fourth-order valence-electron chi connectivity index (χ4n) is 1.55. The van der Waals surface area contributed by atoms with E-state index in [9.17, 15) is 14.4 Å². The van der Waals surface area contributed by atoms with Crippen molar-refractivity contribution in [2.45, 2.75) is 19.4 Å². The number of hydrazine groups is 1. The molecule has 20 heavy (non-hydrogen) atoms. The van der Waals surface area contributed by atoms with E-state index in [1.54, 1.807) is 0 Å². The summed E-state index contributed by atoms with van der Waals surface area (Å²) in [4.78, 5) is 34.0. The van der Waals surface area contributed by atoms with Gasteiger partial charge in [0.25, 0.3) is 5.91 Å². The van der Waals surface area contributed by atoms with Crippen molar-refractivity contribution in [1.82, 2.24) is 16.2 Å². The first-order valence-corrected chi connectivity index (χ1v) is 6.12. The average molecular weight is 278 g/mol. The second kappa shape index (κ2) is 7.90. The highest BCUT2D eigenvalue weighted by molar-refractivity contribution is 5.89. The third-order valence-electron chi connectivity index (χ3n) is 2.48. The van der Waals surface area contributed by atoms with Gasteiger partial charge in [-0.1, -0.05) is 30.3 Å². The third-order valence-corrected chi connectivity index (χ3v) is 2.48. The molecule has 0 heterocycles. The molecule has 0 aliphatic heterocycles. The third kappa shape index (κ3) is 5.49. The summed E-state index contributed by atoms with van der Waals surface area (Å²) in [5, 5.41) is 2.51. The zero-order chi connectivity index (χ0) is 15.0. The molecule has 108 valence electrons. The maximum atomic E-state index is 11.9. The minimum atomic E-state index is -0.805. The van der Waals surface area contributed by atoms with Crippen LogP contribution in [0.1, 0.15) is 12.5 Å². The molecule has 0 aliphatic rings. The minimum Gasteiger partial charge on any atom is -0.343 e. The molecule has 0 aromatic heterocycles. The van der Waals surface area contributed by atoms with Crippen molar-refractivity contribution >= 4 is 17.7 Å². The summed E-state index contributed by atoms with van der Waals surface area (Å²) in [5.41, 5.74) is 10.5. The van der Waals surface area contributed by atoms with Crippen molar-refractivity contribution in [3.05, 3.63) is 35.9 Å². The van der Waals surface area contributed by atoms with Crippen LogP contribution < -0.4 is 21.9 Å². The topological polar surface area (TPSA) is 113 Å². The number of benzene rings is 1. The molecule has 7 heteroatoms. The van der Waals surface area contributed by atoms with Gasteiger partial charge in [0.05, 0.1) is 6.54 Å². The van der Waals surface area contributed by atoms with Crippen LogP contribution in [0.4, 0.5) is 0 Å². The molecule has 0 radical (unpaired) electrons. The van der Waals surface area contributed by atoms with Crippen molar-refractivity contribution < 1.29 is 14.4 Å². The molecule has 0 saturated heterocycles. The molecule has 1 atom stereocenters. The van der Waals surface area contributed by atoms with E-state index in [-0.39, 0.29) is 6.54 Å². The molecule has 5 N–H and O–H groups in total. The molecule has 0 spiro atoms. The van der Waals surface area contributed by atoms with E-state index in [1.165, 1.54) is 6.92 Å². The molecule has 0 saturated carbocycles. The van der Waals surface area contributed by atoms with E-state index in [0.29, 0.717) is 6.42 Å². The molecule has 7 nitrogen and oxygen atoms in total. The number of rotatable bonds is 5. The predicted molar refractivity (Wildman–Crippen MR) is 73.1 cm³/mol. The molecule has 1 aromatic rings. The quantitative estimate of drug-likeness (QED) is 0.509. The Morgan fingerprint density at radius 3 is 2.35 bits per heavy atom. The standard InChI is InChI=1S/C13H18N4O3/c1-9(18)16-17-13(20)11(15-12(19)8-14)7-10-5-3-2-4-6-10/h2-6,11H,7-8,14H2,1H3,(H,15,19)(H,16,18)(H,17,20)/t11-/m0/s1. The maximum absolute atomic E-state index is 11.9. The maximum Gasteiger partial charge on any atom is 0.261 e. The Hall–Kier alpha value is -2.41. The first-order chi connectivity index (χ1) is 9.52. The number of carbonyl (C=O) groups is 3. The summed E-state index contributed by atoms with van der Waals surface area (Å²) < 4.78 is 0. The zero-order valence-electron chi connectivity index (χ0n) is 11.2. The Morgan fingerprint density at radius 1 is 1.15 bits per heavy atom. The van der Waals surface area contributed by atoms with E-state index in [2.05, 4.69) is 16.2 Å². The van der Waals surface area contributed by atoms with Crippen LogP contribution in [-0.2, 0) is 20.8 Å². The predicted octanol–water partition coefficient (Wildman–Crippen LogP) is -1.16. The normalized spacial score (nSPS) is 11.3. The van der Waals surface area contributed by atoms with Gasteiger partial charge in [-0.05, 0) is 5.56 Å². The summed E-state index contributed by atoms with van der Waals surface area (Å²) in [6.07, 6.45) is 0.304. The molecule has 3 amide bonds. The van der Waals surface area contributed by atoms with Gasteiger partial charge >= 0.3 is 0 Å². The summed E-state index contributed by atoms with van der Waals surface area (Å²) in [6.45, 7) is 1.06. The van der Waals surface area contributed by atoms with Crippen molar-refractivity contribution in [2.24, 2.45) is 5.73 Å². The average Bonchev–Trinajstić information content (AvgIpc) is 2.44. The fraction of sp³-hybridized carbons (Fsp3) is 0.308. The smallest absolute Gasteiger partial charge is 0.261 e. The highest BCUT2D eigenvalue weighted by atomic mass is 16.2. The Labute approximate surface area is 116 Å². The van der Waals surface area contributed by atoms with Crippen LogP contribution in [0.3, 0.4) is 0 Å². The van der Waals surface area contributed by atoms with Crippen LogP contribution >= 0.6 is 0 Å². The molecule has 0 bridgehead atoms. The summed E-state index contributed by atoms with van der Waals surface area (Å²) >= 11 is 0. The fourth-order valence-corrected chi connectivity index (χ4v) is 1.55. The van der Waals surface area contributed by atoms with Gasteiger partial charge < -0.3 is 11.1 Å². The largest absolute Gasteiger partial charge is 0.343 e. The number of carbonyl (C=O) groups excluding carboxylic acids is 3. The lowest BCUT2D eigenvalue weighted by Crippen LogP contribution is -2.53. The van der Waals surface area contributed by atoms with E-state index >= 15 is 0 Å². The van der Waals surface area contributed by atoms with Gasteiger partial charge in [-0.3, -0.25) is 25.2 Å². The second-order valence-corrected chi connectivity index (χ2v) is 4.18. The summed E-state index contributed by atoms with van der Waals surface area (Å²) in [5.74, 6) is -1.35. The van der Waals surface area contributed by atoms with E-state index in [0.717, 1.165) is 5.56 Å². The Balaban J connectivity index is 2.71.